The van der Waals surface area contributed by atoms with Crippen molar-refractivity contribution in [3.8, 4) is 0 Å². The molecule has 1 aliphatic heterocycles. The molecule has 1 aliphatic rings. The minimum atomic E-state index is -1.39. The van der Waals surface area contributed by atoms with Gasteiger partial charge in [0.15, 0.2) is 5.41 Å². The molecule has 26 heavy (non-hydrogen) atoms. The first-order valence-electron chi connectivity index (χ1n) is 8.98. The van der Waals surface area contributed by atoms with Crippen molar-refractivity contribution in [1.29, 1.82) is 0 Å². The summed E-state index contributed by atoms with van der Waals surface area (Å²) in [5, 5.41) is 1.58. The van der Waals surface area contributed by atoms with E-state index >= 15 is 0 Å². The molecule has 0 aromatic heterocycles. The summed E-state index contributed by atoms with van der Waals surface area (Å²) in [7, 11) is 1.73. The molecule has 1 unspecified atom stereocenters. The fraction of sp³-hybridized carbons (Fsp3) is 0.500. The molecule has 1 saturated heterocycles. The van der Waals surface area contributed by atoms with Crippen LogP contribution in [0.2, 0.25) is 0 Å². The van der Waals surface area contributed by atoms with Crippen molar-refractivity contribution in [3.05, 3.63) is 42.0 Å². The van der Waals surface area contributed by atoms with Gasteiger partial charge in [0.25, 0.3) is 0 Å². The number of rotatable bonds is 7. The van der Waals surface area contributed by atoms with E-state index in [1.165, 1.54) is 0 Å². The number of hydroxylamine groups is 2. The fourth-order valence-corrected chi connectivity index (χ4v) is 3.24. The molecule has 1 atom stereocenters. The monoisotopic (exact) mass is 361 g/mol. The molecule has 0 aliphatic carbocycles. The Hall–Kier alpha value is -2.18. The molecule has 0 saturated carbocycles. The van der Waals surface area contributed by atoms with Crippen LogP contribution in [0.1, 0.15) is 32.3 Å². The second-order valence-electron chi connectivity index (χ2n) is 6.11. The second-order valence-corrected chi connectivity index (χ2v) is 6.11. The molecule has 1 aromatic carbocycles. The van der Waals surface area contributed by atoms with Gasteiger partial charge in [-0.3, -0.25) is 14.4 Å². The van der Waals surface area contributed by atoms with Gasteiger partial charge in [0.05, 0.1) is 25.9 Å². The molecular formula is C20H27NO5. The maximum absolute atomic E-state index is 12.8. The number of carbonyl (C=O) groups is 2. The number of benzene rings is 1. The molecule has 0 N–H and O–H groups in total. The second kappa shape index (κ2) is 9.50. The quantitative estimate of drug-likeness (QED) is 0.550. The minimum absolute atomic E-state index is 0.205. The molecule has 0 spiro atoms. The Morgan fingerprint density at radius 2 is 1.81 bits per heavy atom. The predicted molar refractivity (Wildman–Crippen MR) is 97.9 cm³/mol. The summed E-state index contributed by atoms with van der Waals surface area (Å²) in [4.78, 5) is 31.2. The van der Waals surface area contributed by atoms with Gasteiger partial charge in [0, 0.05) is 13.5 Å². The van der Waals surface area contributed by atoms with Gasteiger partial charge in [-0.1, -0.05) is 42.5 Å². The molecule has 142 valence electrons. The van der Waals surface area contributed by atoms with Crippen LogP contribution in [0, 0.1) is 5.41 Å². The highest BCUT2D eigenvalue weighted by Gasteiger charge is 2.58. The highest BCUT2D eigenvalue weighted by molar-refractivity contribution is 6.01. The van der Waals surface area contributed by atoms with Gasteiger partial charge in [0.2, 0.25) is 0 Å². The van der Waals surface area contributed by atoms with E-state index in [1.807, 2.05) is 42.5 Å². The molecular weight excluding hydrogens is 334 g/mol. The lowest BCUT2D eigenvalue weighted by molar-refractivity contribution is -0.244. The number of carbonyl (C=O) groups excluding carboxylic acids is 2. The van der Waals surface area contributed by atoms with E-state index in [9.17, 15) is 9.59 Å². The van der Waals surface area contributed by atoms with E-state index in [0.717, 1.165) is 5.56 Å². The zero-order chi connectivity index (χ0) is 19.0. The molecule has 0 bridgehead atoms. The first-order valence-corrected chi connectivity index (χ1v) is 8.98. The van der Waals surface area contributed by atoms with Crippen molar-refractivity contribution < 1.29 is 23.9 Å². The smallest absolute Gasteiger partial charge is 0.325 e. The van der Waals surface area contributed by atoms with Crippen LogP contribution in [0.25, 0.3) is 6.08 Å². The summed E-state index contributed by atoms with van der Waals surface area (Å²) in [6, 6.07) is 9.33. The molecule has 2 rings (SSSR count). The summed E-state index contributed by atoms with van der Waals surface area (Å²) in [6.45, 7) is 4.12. The Morgan fingerprint density at radius 1 is 1.19 bits per heavy atom. The highest BCUT2D eigenvalue weighted by atomic mass is 16.7. The summed E-state index contributed by atoms with van der Waals surface area (Å²) in [6.07, 6.45) is 4.59. The van der Waals surface area contributed by atoms with Gasteiger partial charge in [-0.15, -0.1) is 0 Å². The van der Waals surface area contributed by atoms with Crippen molar-refractivity contribution in [2.75, 3.05) is 26.9 Å². The number of hydrogen-bond acceptors (Lipinski definition) is 6. The maximum atomic E-state index is 12.8. The standard InChI is InChI=1S/C20H27NO5/c1-4-24-18(22)20(19(23)25-5-2)14-15-26-21(3)17(20)13-9-12-16-10-7-6-8-11-16/h6-12,17H,4-5,13-15H2,1-3H3/b12-9+. The number of ether oxygens (including phenoxy) is 2. The molecule has 6 nitrogen and oxygen atoms in total. The number of esters is 2. The van der Waals surface area contributed by atoms with E-state index in [4.69, 9.17) is 14.3 Å². The average molecular weight is 361 g/mol. The molecule has 1 aromatic rings. The van der Waals surface area contributed by atoms with Crippen LogP contribution in [-0.2, 0) is 23.9 Å². The molecule has 0 radical (unpaired) electrons. The minimum Gasteiger partial charge on any atom is -0.465 e. The van der Waals surface area contributed by atoms with Crippen LogP contribution in [-0.4, -0.2) is 49.9 Å². The van der Waals surface area contributed by atoms with E-state index < -0.39 is 23.4 Å². The average Bonchev–Trinajstić information content (AvgIpc) is 2.64. The van der Waals surface area contributed by atoms with Gasteiger partial charge in [0.1, 0.15) is 0 Å². The molecule has 1 fully saturated rings. The van der Waals surface area contributed by atoms with E-state index in [-0.39, 0.29) is 26.2 Å². The summed E-state index contributed by atoms with van der Waals surface area (Å²) in [5.41, 5.74) is -0.343. The Kier molecular flexibility index (Phi) is 7.36. The normalized spacial score (nSPS) is 20.0. The fourth-order valence-electron chi connectivity index (χ4n) is 3.24. The van der Waals surface area contributed by atoms with Crippen molar-refractivity contribution in [2.24, 2.45) is 5.41 Å². The lowest BCUT2D eigenvalue weighted by Crippen LogP contribution is -2.60. The Labute approximate surface area is 154 Å². The van der Waals surface area contributed by atoms with E-state index in [2.05, 4.69) is 0 Å². The van der Waals surface area contributed by atoms with Crippen molar-refractivity contribution in [2.45, 2.75) is 32.7 Å². The highest BCUT2D eigenvalue weighted by Crippen LogP contribution is 2.39. The topological polar surface area (TPSA) is 65.1 Å². The molecule has 0 amide bonds. The van der Waals surface area contributed by atoms with Crippen LogP contribution in [0.15, 0.2) is 36.4 Å². The molecule has 6 heteroatoms. The van der Waals surface area contributed by atoms with Crippen LogP contribution in [0.5, 0.6) is 0 Å². The molecule has 1 heterocycles. The van der Waals surface area contributed by atoms with Gasteiger partial charge in [-0.2, -0.15) is 5.06 Å². The third-order valence-electron chi connectivity index (χ3n) is 4.55. The van der Waals surface area contributed by atoms with Crippen LogP contribution < -0.4 is 0 Å². The van der Waals surface area contributed by atoms with Gasteiger partial charge < -0.3 is 9.47 Å². The van der Waals surface area contributed by atoms with Crippen LogP contribution in [0.3, 0.4) is 0 Å². The zero-order valence-electron chi connectivity index (χ0n) is 15.6. The third-order valence-corrected chi connectivity index (χ3v) is 4.55. The number of nitrogens with zero attached hydrogens (tertiary/aromatic N) is 1. The Morgan fingerprint density at radius 3 is 2.38 bits per heavy atom. The first kappa shape index (κ1) is 20.1. The van der Waals surface area contributed by atoms with Gasteiger partial charge >= 0.3 is 11.9 Å². The zero-order valence-corrected chi connectivity index (χ0v) is 15.6. The van der Waals surface area contributed by atoms with Gasteiger partial charge in [-0.25, -0.2) is 0 Å². The van der Waals surface area contributed by atoms with Crippen molar-refractivity contribution in [3.63, 3.8) is 0 Å². The SMILES string of the molecule is CCOC(=O)C1(C(=O)OCC)CCON(C)C1C/C=C/c1ccccc1. The predicted octanol–water partition coefficient (Wildman–Crippen LogP) is 2.84. The van der Waals surface area contributed by atoms with Crippen LogP contribution in [0.4, 0.5) is 0 Å². The number of hydrogen-bond donors (Lipinski definition) is 0. The van der Waals surface area contributed by atoms with Crippen molar-refractivity contribution >= 4 is 18.0 Å². The largest absolute Gasteiger partial charge is 0.465 e. The summed E-state index contributed by atoms with van der Waals surface area (Å²) >= 11 is 0. The first-order chi connectivity index (χ1) is 12.6. The van der Waals surface area contributed by atoms with Gasteiger partial charge in [-0.05, 0) is 25.8 Å². The lowest BCUT2D eigenvalue weighted by atomic mass is 9.74. The Bertz CT molecular complexity index is 610. The lowest BCUT2D eigenvalue weighted by Gasteiger charge is -2.43. The third kappa shape index (κ3) is 4.31. The summed E-state index contributed by atoms with van der Waals surface area (Å²) < 4.78 is 10.5. The maximum Gasteiger partial charge on any atom is 0.325 e. The van der Waals surface area contributed by atoms with E-state index in [0.29, 0.717) is 6.42 Å². The van der Waals surface area contributed by atoms with Crippen molar-refractivity contribution in [1.82, 2.24) is 5.06 Å². The van der Waals surface area contributed by atoms with E-state index in [1.54, 1.807) is 26.0 Å². The summed E-state index contributed by atoms with van der Waals surface area (Å²) in [5.74, 6) is -1.10. The van der Waals surface area contributed by atoms with Crippen LogP contribution >= 0.6 is 0 Å². The Balaban J connectivity index is 2.30.